The lowest BCUT2D eigenvalue weighted by molar-refractivity contribution is 1.12. The average Bonchev–Trinajstić information content (AvgIpc) is 3.34. The summed E-state index contributed by atoms with van der Waals surface area (Å²) in [6, 6.07) is 70.9. The van der Waals surface area contributed by atoms with Crippen molar-refractivity contribution in [2.45, 2.75) is 0 Å². The van der Waals surface area contributed by atoms with Crippen LogP contribution in [-0.4, -0.2) is 20.8 Å². The maximum absolute atomic E-state index is 2.67. The molecule has 12 aromatic carbocycles. The maximum atomic E-state index is 2.67. The van der Waals surface area contributed by atoms with Gasteiger partial charge in [0.2, 0.25) is 0 Å². The lowest BCUT2D eigenvalue weighted by atomic mass is 9.31. The lowest BCUT2D eigenvalue weighted by Gasteiger charge is -2.51. The second-order valence-electron chi connectivity index (χ2n) is 17.8. The summed E-state index contributed by atoms with van der Waals surface area (Å²) in [7, 11) is 4.36. The molecular formula is C58H37BN4. The molecular weight excluding hydrogens is 763 g/mol. The number of rotatable bonds is 4. The Kier molecular flexibility index (Phi) is 6.35. The third-order valence-electron chi connectivity index (χ3n) is 14.5. The van der Waals surface area contributed by atoms with Gasteiger partial charge in [-0.1, -0.05) is 140 Å². The van der Waals surface area contributed by atoms with Gasteiger partial charge in [0.15, 0.2) is 0 Å². The molecule has 15 rings (SSSR count). The summed E-state index contributed by atoms with van der Waals surface area (Å²) >= 11 is 0. The summed E-state index contributed by atoms with van der Waals surface area (Å²) < 4.78 is 0. The minimum absolute atomic E-state index is 0.0649. The quantitative estimate of drug-likeness (QED) is 0.130. The Morgan fingerprint density at radius 2 is 0.683 bits per heavy atom. The molecule has 0 saturated carbocycles. The molecule has 0 aliphatic carbocycles. The average molecular weight is 801 g/mol. The monoisotopic (exact) mass is 800 g/mol. The summed E-state index contributed by atoms with van der Waals surface area (Å²) in [6.45, 7) is -0.0649. The van der Waals surface area contributed by atoms with Gasteiger partial charge in [0, 0.05) is 80.5 Å². The van der Waals surface area contributed by atoms with Crippen LogP contribution in [0.1, 0.15) is 0 Å². The molecule has 0 fully saturated rings. The van der Waals surface area contributed by atoms with Crippen LogP contribution in [0, 0.1) is 0 Å². The number of para-hydroxylation sites is 3. The highest BCUT2D eigenvalue weighted by Crippen LogP contribution is 2.58. The van der Waals surface area contributed by atoms with E-state index >= 15 is 0 Å². The minimum atomic E-state index is -0.0649. The molecule has 12 aromatic rings. The summed E-state index contributed by atoms with van der Waals surface area (Å²) in [5.41, 5.74) is 16.2. The molecule has 0 unspecified atom stereocenters. The van der Waals surface area contributed by atoms with Crippen LogP contribution in [0.5, 0.6) is 0 Å². The van der Waals surface area contributed by atoms with E-state index in [4.69, 9.17) is 0 Å². The van der Waals surface area contributed by atoms with E-state index in [1.165, 1.54) is 115 Å². The van der Waals surface area contributed by atoms with Crippen LogP contribution >= 0.6 is 0 Å². The Morgan fingerprint density at radius 1 is 0.333 bits per heavy atom. The predicted molar refractivity (Wildman–Crippen MR) is 270 cm³/mol. The molecule has 3 aliphatic rings. The first-order chi connectivity index (χ1) is 31.1. The standard InChI is InChI=1S/C58H37BN4/c1-60(2)41-32-46-52-47(33-41)62(39-20-8-4-9-21-39)56-43-29-25-35-15-13-17-37-27-31-45(51(43)49(35)37)58-54(56)59(52)53-55(61(46)38-18-6-3-7-19-38)42-28-24-34-14-12-16-36-26-30-44(50(42)48(34)36)57(53)63(58)40-22-10-5-11-23-40/h3-33H,1-2H3. The van der Waals surface area contributed by atoms with Gasteiger partial charge in [0.1, 0.15) is 0 Å². The fourth-order valence-electron chi connectivity index (χ4n) is 12.1. The van der Waals surface area contributed by atoms with Crippen molar-refractivity contribution in [2.24, 2.45) is 0 Å². The van der Waals surface area contributed by atoms with Crippen LogP contribution in [0.4, 0.5) is 56.9 Å². The van der Waals surface area contributed by atoms with E-state index in [0.717, 1.165) is 22.7 Å². The first kappa shape index (κ1) is 33.7. The molecule has 3 heterocycles. The van der Waals surface area contributed by atoms with Gasteiger partial charge in [0.25, 0.3) is 6.71 Å². The van der Waals surface area contributed by atoms with E-state index < -0.39 is 0 Å². The van der Waals surface area contributed by atoms with Crippen molar-refractivity contribution in [1.82, 2.24) is 0 Å². The first-order valence-corrected chi connectivity index (χ1v) is 22.0. The maximum Gasteiger partial charge on any atom is 0.257 e. The Hall–Kier alpha value is -8.02. The summed E-state index contributed by atoms with van der Waals surface area (Å²) in [5, 5.41) is 15.5. The zero-order chi connectivity index (χ0) is 41.2. The van der Waals surface area contributed by atoms with Crippen molar-refractivity contribution >= 4 is 145 Å². The minimum Gasteiger partial charge on any atom is -0.378 e. The number of hydrogen-bond acceptors (Lipinski definition) is 4. The van der Waals surface area contributed by atoms with E-state index in [-0.39, 0.29) is 6.71 Å². The molecule has 3 aliphatic heterocycles. The molecule has 0 radical (unpaired) electrons. The highest BCUT2D eigenvalue weighted by atomic mass is 15.2. The highest BCUT2D eigenvalue weighted by molar-refractivity contribution is 7.03. The zero-order valence-corrected chi connectivity index (χ0v) is 34.8. The molecule has 0 spiro atoms. The zero-order valence-electron chi connectivity index (χ0n) is 34.8. The van der Waals surface area contributed by atoms with Crippen LogP contribution in [0.2, 0.25) is 0 Å². The molecule has 4 nitrogen and oxygen atoms in total. The molecule has 0 N–H and O–H groups in total. The van der Waals surface area contributed by atoms with Crippen molar-refractivity contribution in [3.63, 3.8) is 0 Å². The van der Waals surface area contributed by atoms with Crippen molar-refractivity contribution in [3.05, 3.63) is 188 Å². The molecule has 0 amide bonds. The Bertz CT molecular complexity index is 3640. The fourth-order valence-corrected chi connectivity index (χ4v) is 12.1. The Labute approximate surface area is 364 Å². The van der Waals surface area contributed by atoms with Crippen LogP contribution in [0.3, 0.4) is 0 Å². The van der Waals surface area contributed by atoms with Crippen LogP contribution in [0.25, 0.3) is 64.6 Å². The third-order valence-corrected chi connectivity index (χ3v) is 14.5. The van der Waals surface area contributed by atoms with Gasteiger partial charge in [-0.05, 0) is 97.2 Å². The summed E-state index contributed by atoms with van der Waals surface area (Å²) in [6.07, 6.45) is 0. The SMILES string of the molecule is CN(C)c1cc2c3c(c1)N(c1ccccc1)c1c4c(c5ccc6cccc7ccc1c5c76)N(c1ccccc1)c1c(c(c5ccc6cccc7ccc1c5c67)N2c1ccccc1)B34. The van der Waals surface area contributed by atoms with E-state index in [1.807, 2.05) is 0 Å². The van der Waals surface area contributed by atoms with Gasteiger partial charge < -0.3 is 19.6 Å². The largest absolute Gasteiger partial charge is 0.378 e. The molecule has 0 saturated heterocycles. The van der Waals surface area contributed by atoms with Crippen molar-refractivity contribution in [2.75, 3.05) is 33.7 Å². The van der Waals surface area contributed by atoms with Gasteiger partial charge in [-0.3, -0.25) is 0 Å². The van der Waals surface area contributed by atoms with Crippen molar-refractivity contribution < 1.29 is 0 Å². The van der Waals surface area contributed by atoms with Gasteiger partial charge in [-0.15, -0.1) is 0 Å². The Morgan fingerprint density at radius 3 is 1.05 bits per heavy atom. The lowest BCUT2D eigenvalue weighted by Crippen LogP contribution is -2.65. The van der Waals surface area contributed by atoms with Gasteiger partial charge >= 0.3 is 0 Å². The molecule has 63 heavy (non-hydrogen) atoms. The van der Waals surface area contributed by atoms with Crippen molar-refractivity contribution in [1.29, 1.82) is 0 Å². The highest BCUT2D eigenvalue weighted by Gasteiger charge is 2.52. The first-order valence-electron chi connectivity index (χ1n) is 22.0. The molecule has 292 valence electrons. The van der Waals surface area contributed by atoms with Crippen molar-refractivity contribution in [3.8, 4) is 0 Å². The van der Waals surface area contributed by atoms with E-state index in [9.17, 15) is 0 Å². The molecule has 0 atom stereocenters. The van der Waals surface area contributed by atoms with Gasteiger partial charge in [-0.25, -0.2) is 0 Å². The second-order valence-corrected chi connectivity index (χ2v) is 17.8. The van der Waals surface area contributed by atoms with E-state index in [1.54, 1.807) is 0 Å². The molecule has 0 aromatic heterocycles. The number of benzene rings is 12. The summed E-state index contributed by atoms with van der Waals surface area (Å²) in [5.74, 6) is 0. The number of anilines is 10. The second kappa shape index (κ2) is 11.9. The Balaban J connectivity index is 1.25. The van der Waals surface area contributed by atoms with Gasteiger partial charge in [-0.2, -0.15) is 0 Å². The van der Waals surface area contributed by atoms with Crippen LogP contribution < -0.4 is 36.0 Å². The predicted octanol–water partition coefficient (Wildman–Crippen LogP) is 13.4. The fraction of sp³-hybridized carbons (Fsp3) is 0.0345. The number of hydrogen-bond donors (Lipinski definition) is 0. The van der Waals surface area contributed by atoms with E-state index in [2.05, 4.69) is 222 Å². The smallest absolute Gasteiger partial charge is 0.257 e. The molecule has 0 bridgehead atoms. The van der Waals surface area contributed by atoms with Crippen LogP contribution in [0.15, 0.2) is 188 Å². The molecule has 5 heteroatoms. The van der Waals surface area contributed by atoms with Gasteiger partial charge in [0.05, 0.1) is 22.7 Å². The number of fused-ring (bicyclic) bond motifs is 4. The number of nitrogens with zero attached hydrogens (tertiary/aromatic N) is 4. The topological polar surface area (TPSA) is 13.0 Å². The van der Waals surface area contributed by atoms with E-state index in [0.29, 0.717) is 0 Å². The third kappa shape index (κ3) is 4.13. The normalized spacial score (nSPS) is 13.7. The summed E-state index contributed by atoms with van der Waals surface area (Å²) in [4.78, 5) is 10.2. The van der Waals surface area contributed by atoms with Crippen LogP contribution in [-0.2, 0) is 0 Å².